The molecule has 0 radical (unpaired) electrons. The standard InChI is InChI=1S/C68H100N8O14/c1-15-44(9)60(56(88-13)38-57(79)76-34-20-24-53(76)61(89-14)45(10)62(80)72-52(66(84)85)35-46-21-17-16-18-22-46)74(11)65(83)51(40(2)3)37-55(78)59(42(6)7)75(12)68(87)90-39-47-27-31-50(32-28-47)71-64(82)49(23-19-33-70-67(69)86)36-54(77)58(41(4)5)73-63(81)48-29-25-43(8)26-30-48/h16-18,21-22,25-32,40-42,44-45,49,51-53,56,58-61H,15,19-20,23-24,33-39H2,1-14H3,(H,71,82)(H,72,80)(H,73,81)(H,84,85)(H3,69,70,86)/t44?,45-,49-,51+,52+,53+,56-,58+,59+,60+,61-/m1/s1. The Kier molecular flexibility index (Phi) is 30.1. The molecule has 90 heavy (non-hydrogen) atoms. The van der Waals surface area contributed by atoms with E-state index in [-0.39, 0.29) is 92.3 Å². The van der Waals surface area contributed by atoms with Gasteiger partial charge in [0.2, 0.25) is 23.6 Å². The fraction of sp³-hybridized carbons (Fsp3) is 0.588. The molecule has 3 aromatic carbocycles. The van der Waals surface area contributed by atoms with Crippen molar-refractivity contribution in [2.45, 2.75) is 176 Å². The van der Waals surface area contributed by atoms with Crippen molar-refractivity contribution >= 4 is 64.9 Å². The van der Waals surface area contributed by atoms with Gasteiger partial charge in [-0.3, -0.25) is 33.6 Å². The van der Waals surface area contributed by atoms with Gasteiger partial charge in [-0.05, 0) is 91.7 Å². The number of hydrogen-bond donors (Lipinski definition) is 6. The van der Waals surface area contributed by atoms with E-state index in [9.17, 15) is 53.1 Å². The van der Waals surface area contributed by atoms with Crippen LogP contribution in [0.3, 0.4) is 0 Å². The zero-order valence-corrected chi connectivity index (χ0v) is 55.2. The van der Waals surface area contributed by atoms with Crippen LogP contribution in [-0.2, 0) is 60.8 Å². The number of nitrogens with two attached hydrogens (primary N) is 1. The van der Waals surface area contributed by atoms with Gasteiger partial charge in [-0.1, -0.05) is 129 Å². The van der Waals surface area contributed by atoms with Gasteiger partial charge in [-0.2, -0.15) is 0 Å². The molecule has 22 nitrogen and oxygen atoms in total. The van der Waals surface area contributed by atoms with E-state index in [0.717, 1.165) is 11.1 Å². The minimum atomic E-state index is -1.18. The number of ether oxygens (including phenoxy) is 3. The Labute approximate surface area is 531 Å². The number of likely N-dealkylation sites (N-methyl/N-ethyl adjacent to an activating group) is 2. The molecular weight excluding hydrogens is 1150 g/mol. The summed E-state index contributed by atoms with van der Waals surface area (Å²) in [5.74, 6) is -7.43. The van der Waals surface area contributed by atoms with Gasteiger partial charge in [0.05, 0.1) is 48.7 Å². The number of aliphatic carboxylic acids is 1. The van der Waals surface area contributed by atoms with Crippen LogP contribution in [0.15, 0.2) is 78.9 Å². The molecule has 1 unspecified atom stereocenters. The molecule has 1 fully saturated rings. The Bertz CT molecular complexity index is 2870. The van der Waals surface area contributed by atoms with Gasteiger partial charge in [-0.25, -0.2) is 14.4 Å². The van der Waals surface area contributed by atoms with Gasteiger partial charge < -0.3 is 61.0 Å². The SMILES string of the molecule is CCC(C)[C@@H]([C@@H](CC(=O)N1CCC[C@H]1[C@H](OC)[C@@H](C)C(=O)N[C@@H](Cc1ccccc1)C(=O)O)OC)N(C)C(=O)[C@@H](CC(=O)[C@H](C(C)C)N(C)C(=O)OCc1ccc(NC(=O)[C@H](CCCNC(N)=O)CC(=O)[C@@H](NC(=O)c2ccc(C)cc2)C(C)C)cc1)C(C)C. The smallest absolute Gasteiger partial charge is 0.410 e. The number of carbonyl (C=O) groups is 10. The van der Waals surface area contributed by atoms with Crippen molar-refractivity contribution in [3.05, 3.63) is 101 Å². The summed E-state index contributed by atoms with van der Waals surface area (Å²) in [5, 5.41) is 20.9. The summed E-state index contributed by atoms with van der Waals surface area (Å²) >= 11 is 0. The maximum atomic E-state index is 14.9. The number of nitrogens with zero attached hydrogens (tertiary/aromatic N) is 3. The lowest BCUT2D eigenvalue weighted by atomic mass is 9.83. The molecule has 0 bridgehead atoms. The van der Waals surface area contributed by atoms with E-state index >= 15 is 0 Å². The van der Waals surface area contributed by atoms with Crippen molar-refractivity contribution in [3.63, 3.8) is 0 Å². The Hall–Kier alpha value is -7.72. The van der Waals surface area contributed by atoms with Crippen LogP contribution in [0.1, 0.15) is 141 Å². The number of ketones is 2. The van der Waals surface area contributed by atoms with Crippen LogP contribution < -0.4 is 27.0 Å². The Morgan fingerprint density at radius 1 is 0.733 bits per heavy atom. The first kappa shape index (κ1) is 74.7. The van der Waals surface area contributed by atoms with Gasteiger partial charge in [0.1, 0.15) is 12.6 Å². The molecule has 11 atom stereocenters. The summed E-state index contributed by atoms with van der Waals surface area (Å²) in [6, 6.07) is 17.7. The molecule has 7 N–H and O–H groups in total. The number of carboxylic acids is 1. The third-order valence-electron chi connectivity index (χ3n) is 17.4. The Balaban J connectivity index is 1.41. The van der Waals surface area contributed by atoms with E-state index in [1.165, 1.54) is 26.2 Å². The molecule has 1 saturated heterocycles. The van der Waals surface area contributed by atoms with Gasteiger partial charge in [0.25, 0.3) is 5.91 Å². The number of primary amides is 1. The number of amides is 8. The fourth-order valence-corrected chi connectivity index (χ4v) is 12.0. The highest BCUT2D eigenvalue weighted by Crippen LogP contribution is 2.32. The number of urea groups is 1. The summed E-state index contributed by atoms with van der Waals surface area (Å²) in [5.41, 5.74) is 8.35. The van der Waals surface area contributed by atoms with Gasteiger partial charge in [0.15, 0.2) is 11.6 Å². The molecule has 0 spiro atoms. The van der Waals surface area contributed by atoms with Crippen molar-refractivity contribution in [1.82, 2.24) is 30.7 Å². The van der Waals surface area contributed by atoms with Crippen LogP contribution in [0.25, 0.3) is 0 Å². The minimum absolute atomic E-state index is 0.0854. The zero-order valence-electron chi connectivity index (χ0n) is 55.2. The summed E-state index contributed by atoms with van der Waals surface area (Å²) in [7, 11) is 6.10. The molecule has 1 aliphatic rings. The second-order valence-corrected chi connectivity index (χ2v) is 25.1. The third kappa shape index (κ3) is 21.8. The number of rotatable bonds is 36. The van der Waals surface area contributed by atoms with Crippen molar-refractivity contribution < 1.29 is 67.3 Å². The average molecular weight is 1250 g/mol. The van der Waals surface area contributed by atoms with Crippen LogP contribution in [0.2, 0.25) is 0 Å². The first-order valence-electron chi connectivity index (χ1n) is 31.5. The lowest BCUT2D eigenvalue weighted by Crippen LogP contribution is -2.55. The highest BCUT2D eigenvalue weighted by atomic mass is 16.6. The Morgan fingerprint density at radius 3 is 1.93 bits per heavy atom. The van der Waals surface area contributed by atoms with E-state index in [1.807, 2.05) is 54.5 Å². The third-order valence-corrected chi connectivity index (χ3v) is 17.4. The van der Waals surface area contributed by atoms with E-state index in [1.54, 1.807) is 110 Å². The highest BCUT2D eigenvalue weighted by molar-refractivity contribution is 6.00. The first-order valence-corrected chi connectivity index (χ1v) is 31.5. The number of nitrogens with one attached hydrogen (secondary N) is 4. The normalized spacial score (nSPS) is 16.5. The van der Waals surface area contributed by atoms with Crippen LogP contribution in [-0.4, -0.2) is 163 Å². The van der Waals surface area contributed by atoms with E-state index in [0.29, 0.717) is 49.0 Å². The molecule has 1 heterocycles. The molecule has 8 amide bonds. The number of aryl methyl sites for hydroxylation is 1. The number of Topliss-reactive ketones (excluding diaryl/α,β-unsaturated/α-hetero) is 2. The van der Waals surface area contributed by atoms with Gasteiger partial charge in [-0.15, -0.1) is 0 Å². The summed E-state index contributed by atoms with van der Waals surface area (Å²) < 4.78 is 17.7. The Morgan fingerprint density at radius 2 is 1.38 bits per heavy atom. The molecule has 0 aromatic heterocycles. The molecule has 0 saturated carbocycles. The molecule has 3 aromatic rings. The number of carbonyl (C=O) groups excluding carboxylic acids is 9. The van der Waals surface area contributed by atoms with Crippen LogP contribution in [0, 0.1) is 48.3 Å². The number of carboxylic acid groups (broad SMARTS) is 1. The molecule has 4 rings (SSSR count). The molecule has 1 aliphatic heterocycles. The lowest BCUT2D eigenvalue weighted by molar-refractivity contribution is -0.149. The van der Waals surface area contributed by atoms with Crippen molar-refractivity contribution in [1.29, 1.82) is 0 Å². The number of benzene rings is 3. The summed E-state index contributed by atoms with van der Waals surface area (Å²) in [6.45, 7) is 18.9. The monoisotopic (exact) mass is 1250 g/mol. The molecule has 496 valence electrons. The topological polar surface area (TPSA) is 302 Å². The number of likely N-dealkylation sites (tertiary alicyclic amines) is 1. The minimum Gasteiger partial charge on any atom is -0.480 e. The van der Waals surface area contributed by atoms with E-state index in [2.05, 4.69) is 21.3 Å². The zero-order chi connectivity index (χ0) is 67.1. The number of anilines is 1. The molecular formula is C68H100N8O14. The molecule has 0 aliphatic carbocycles. The predicted molar refractivity (Wildman–Crippen MR) is 343 cm³/mol. The summed E-state index contributed by atoms with van der Waals surface area (Å²) in [6.07, 6.45) is -0.344. The van der Waals surface area contributed by atoms with E-state index in [4.69, 9.17) is 19.9 Å². The van der Waals surface area contributed by atoms with E-state index < -0.39 is 96.0 Å². The van der Waals surface area contributed by atoms with Crippen molar-refractivity contribution in [2.24, 2.45) is 47.2 Å². The summed E-state index contributed by atoms with van der Waals surface area (Å²) in [4.78, 5) is 140. The predicted octanol–water partition coefficient (Wildman–Crippen LogP) is 7.97. The first-order chi connectivity index (χ1) is 42.5. The fourth-order valence-electron chi connectivity index (χ4n) is 12.0. The average Bonchev–Trinajstić information content (AvgIpc) is 1.77. The number of methoxy groups -OCH3 is 2. The second-order valence-electron chi connectivity index (χ2n) is 25.1. The van der Waals surface area contributed by atoms with Crippen LogP contribution >= 0.6 is 0 Å². The maximum absolute atomic E-state index is 14.9. The molecule has 22 heteroatoms. The maximum Gasteiger partial charge on any atom is 0.410 e. The van der Waals surface area contributed by atoms with Crippen LogP contribution in [0.4, 0.5) is 15.3 Å². The quantitative estimate of drug-likeness (QED) is 0.0301. The van der Waals surface area contributed by atoms with Gasteiger partial charge in [0, 0.05) is 83.8 Å². The highest BCUT2D eigenvalue weighted by Gasteiger charge is 2.44. The lowest BCUT2D eigenvalue weighted by Gasteiger charge is -2.41. The van der Waals surface area contributed by atoms with Gasteiger partial charge >= 0.3 is 18.1 Å². The van der Waals surface area contributed by atoms with Crippen molar-refractivity contribution in [3.8, 4) is 0 Å². The number of hydrogen-bond acceptors (Lipinski definition) is 13. The van der Waals surface area contributed by atoms with Crippen LogP contribution in [0.5, 0.6) is 0 Å². The largest absolute Gasteiger partial charge is 0.480 e. The second kappa shape index (κ2) is 36.2. The van der Waals surface area contributed by atoms with Crippen molar-refractivity contribution in [2.75, 3.05) is 46.7 Å².